The standard InChI is InChI=1S/C15H17Br2NO2/c1-3-14(10-4-6-11(19-2)7-5-10)18-9-12-8-13(16)15(17)20-12/h4-8,14,18H,3,9H2,1-2H3. The van der Waals surface area contributed by atoms with Gasteiger partial charge in [0, 0.05) is 6.04 Å². The van der Waals surface area contributed by atoms with Crippen molar-refractivity contribution in [2.24, 2.45) is 0 Å². The molecule has 2 aromatic rings. The van der Waals surface area contributed by atoms with Gasteiger partial charge in [-0.05, 0) is 62.0 Å². The number of nitrogens with one attached hydrogen (secondary N) is 1. The molecule has 0 aliphatic carbocycles. The molecule has 2 rings (SSSR count). The van der Waals surface area contributed by atoms with Gasteiger partial charge >= 0.3 is 0 Å². The van der Waals surface area contributed by atoms with Gasteiger partial charge in [0.1, 0.15) is 11.5 Å². The number of rotatable bonds is 6. The quantitative estimate of drug-likeness (QED) is 0.733. The number of furan rings is 1. The molecule has 1 N–H and O–H groups in total. The van der Waals surface area contributed by atoms with Gasteiger partial charge in [0.15, 0.2) is 4.67 Å². The summed E-state index contributed by atoms with van der Waals surface area (Å²) in [6.07, 6.45) is 1.01. The van der Waals surface area contributed by atoms with Crippen LogP contribution < -0.4 is 10.1 Å². The van der Waals surface area contributed by atoms with E-state index in [1.807, 2.05) is 18.2 Å². The molecule has 5 heteroatoms. The molecule has 1 aromatic heterocycles. The first-order chi connectivity index (χ1) is 9.63. The predicted octanol–water partition coefficient (Wildman–Crippen LogP) is 5.05. The summed E-state index contributed by atoms with van der Waals surface area (Å²) in [7, 11) is 1.68. The van der Waals surface area contributed by atoms with Crippen LogP contribution in [0.25, 0.3) is 0 Å². The second-order valence-corrected chi connectivity index (χ2v) is 6.02. The fourth-order valence-electron chi connectivity index (χ4n) is 2.04. The molecule has 0 aliphatic rings. The Hall–Kier alpha value is -0.780. The van der Waals surface area contributed by atoms with Crippen molar-refractivity contribution in [2.75, 3.05) is 7.11 Å². The van der Waals surface area contributed by atoms with Crippen LogP contribution in [0, 0.1) is 0 Å². The highest BCUT2D eigenvalue weighted by atomic mass is 79.9. The molecule has 1 heterocycles. The molecular formula is C15H17Br2NO2. The van der Waals surface area contributed by atoms with Crippen molar-refractivity contribution >= 4 is 31.9 Å². The topological polar surface area (TPSA) is 34.4 Å². The molecular weight excluding hydrogens is 386 g/mol. The largest absolute Gasteiger partial charge is 0.497 e. The minimum atomic E-state index is 0.295. The molecule has 0 saturated heterocycles. The molecule has 1 aromatic carbocycles. The molecule has 0 spiro atoms. The summed E-state index contributed by atoms with van der Waals surface area (Å²) in [6, 6.07) is 10.4. The summed E-state index contributed by atoms with van der Waals surface area (Å²) in [4.78, 5) is 0. The first-order valence-electron chi connectivity index (χ1n) is 6.45. The van der Waals surface area contributed by atoms with E-state index in [9.17, 15) is 0 Å². The summed E-state index contributed by atoms with van der Waals surface area (Å²) < 4.78 is 12.4. The fraction of sp³-hybridized carbons (Fsp3) is 0.333. The second kappa shape index (κ2) is 7.29. The van der Waals surface area contributed by atoms with Gasteiger partial charge in [-0.15, -0.1) is 0 Å². The van der Waals surface area contributed by atoms with E-state index in [0.29, 0.717) is 12.6 Å². The molecule has 0 saturated carbocycles. The highest BCUT2D eigenvalue weighted by Gasteiger charge is 2.11. The van der Waals surface area contributed by atoms with Gasteiger partial charge in [-0.2, -0.15) is 0 Å². The number of hydrogen-bond donors (Lipinski definition) is 1. The zero-order valence-electron chi connectivity index (χ0n) is 11.5. The lowest BCUT2D eigenvalue weighted by molar-refractivity contribution is 0.413. The van der Waals surface area contributed by atoms with E-state index in [1.165, 1.54) is 5.56 Å². The van der Waals surface area contributed by atoms with Gasteiger partial charge in [-0.25, -0.2) is 0 Å². The van der Waals surface area contributed by atoms with Crippen LogP contribution >= 0.6 is 31.9 Å². The minimum Gasteiger partial charge on any atom is -0.497 e. The van der Waals surface area contributed by atoms with Crippen molar-refractivity contribution in [3.63, 3.8) is 0 Å². The van der Waals surface area contributed by atoms with Crippen LogP contribution in [-0.4, -0.2) is 7.11 Å². The highest BCUT2D eigenvalue weighted by molar-refractivity contribution is 9.13. The fourth-order valence-corrected chi connectivity index (χ4v) is 2.70. The Morgan fingerprint density at radius 3 is 2.45 bits per heavy atom. The summed E-state index contributed by atoms with van der Waals surface area (Å²) in [5, 5.41) is 3.50. The monoisotopic (exact) mass is 401 g/mol. The van der Waals surface area contributed by atoms with Crippen molar-refractivity contribution in [1.29, 1.82) is 0 Å². The van der Waals surface area contributed by atoms with E-state index in [-0.39, 0.29) is 0 Å². The Labute approximate surface area is 136 Å². The first-order valence-corrected chi connectivity index (χ1v) is 8.03. The minimum absolute atomic E-state index is 0.295. The number of ether oxygens (including phenoxy) is 1. The van der Waals surface area contributed by atoms with Crippen LogP contribution in [0.4, 0.5) is 0 Å². The van der Waals surface area contributed by atoms with Crippen molar-refractivity contribution in [3.05, 3.63) is 50.8 Å². The lowest BCUT2D eigenvalue weighted by Gasteiger charge is -2.17. The average Bonchev–Trinajstić information content (AvgIpc) is 2.79. The molecule has 0 fully saturated rings. The summed E-state index contributed by atoms with van der Waals surface area (Å²) in [6.45, 7) is 2.85. The van der Waals surface area contributed by atoms with Gasteiger partial charge < -0.3 is 14.5 Å². The molecule has 20 heavy (non-hydrogen) atoms. The normalized spacial score (nSPS) is 12.4. The zero-order chi connectivity index (χ0) is 14.5. The Balaban J connectivity index is 2.00. The first kappa shape index (κ1) is 15.6. The lowest BCUT2D eigenvalue weighted by atomic mass is 10.0. The van der Waals surface area contributed by atoms with Crippen molar-refractivity contribution < 1.29 is 9.15 Å². The number of benzene rings is 1. The third-order valence-corrected chi connectivity index (χ3v) is 4.86. The SMILES string of the molecule is CCC(NCc1cc(Br)c(Br)o1)c1ccc(OC)cc1. The van der Waals surface area contributed by atoms with Crippen LogP contribution in [0.15, 0.2) is 43.9 Å². The number of methoxy groups -OCH3 is 1. The smallest absolute Gasteiger partial charge is 0.183 e. The van der Waals surface area contributed by atoms with E-state index >= 15 is 0 Å². The Bertz CT molecular complexity index is 532. The lowest BCUT2D eigenvalue weighted by Crippen LogP contribution is -2.19. The molecule has 0 aliphatic heterocycles. The van der Waals surface area contributed by atoms with E-state index in [1.54, 1.807) is 7.11 Å². The summed E-state index contributed by atoms with van der Waals surface area (Å²) in [5.41, 5.74) is 1.25. The van der Waals surface area contributed by atoms with Gasteiger partial charge in [-0.3, -0.25) is 0 Å². The Morgan fingerprint density at radius 2 is 1.95 bits per heavy atom. The maximum absolute atomic E-state index is 5.57. The van der Waals surface area contributed by atoms with Gasteiger partial charge in [0.05, 0.1) is 18.1 Å². The van der Waals surface area contributed by atoms with Gasteiger partial charge in [0.25, 0.3) is 0 Å². The summed E-state index contributed by atoms with van der Waals surface area (Å²) >= 11 is 6.76. The van der Waals surface area contributed by atoms with Crippen molar-refractivity contribution in [1.82, 2.24) is 5.32 Å². The van der Waals surface area contributed by atoms with Crippen LogP contribution in [-0.2, 0) is 6.54 Å². The number of hydrogen-bond acceptors (Lipinski definition) is 3. The van der Waals surface area contributed by atoms with E-state index in [4.69, 9.17) is 9.15 Å². The molecule has 0 bridgehead atoms. The van der Waals surface area contributed by atoms with E-state index in [0.717, 1.165) is 27.1 Å². The zero-order valence-corrected chi connectivity index (χ0v) is 14.6. The molecule has 0 amide bonds. The molecule has 108 valence electrons. The van der Waals surface area contributed by atoms with Crippen LogP contribution in [0.1, 0.15) is 30.7 Å². The maximum Gasteiger partial charge on any atom is 0.183 e. The van der Waals surface area contributed by atoms with Crippen molar-refractivity contribution in [3.8, 4) is 5.75 Å². The van der Waals surface area contributed by atoms with Crippen LogP contribution in [0.2, 0.25) is 0 Å². The molecule has 0 radical (unpaired) electrons. The molecule has 1 atom stereocenters. The van der Waals surface area contributed by atoms with Crippen LogP contribution in [0.5, 0.6) is 5.75 Å². The van der Waals surface area contributed by atoms with E-state index in [2.05, 4.69) is 56.2 Å². The van der Waals surface area contributed by atoms with E-state index < -0.39 is 0 Å². The predicted molar refractivity (Wildman–Crippen MR) is 87.0 cm³/mol. The van der Waals surface area contributed by atoms with Gasteiger partial charge in [0.2, 0.25) is 0 Å². The maximum atomic E-state index is 5.57. The number of halogens is 2. The Morgan fingerprint density at radius 1 is 1.25 bits per heavy atom. The van der Waals surface area contributed by atoms with Gasteiger partial charge in [-0.1, -0.05) is 19.1 Å². The van der Waals surface area contributed by atoms with Crippen LogP contribution in [0.3, 0.4) is 0 Å². The third kappa shape index (κ3) is 3.87. The molecule has 3 nitrogen and oxygen atoms in total. The average molecular weight is 403 g/mol. The van der Waals surface area contributed by atoms with Crippen molar-refractivity contribution in [2.45, 2.75) is 25.9 Å². The Kier molecular flexibility index (Phi) is 5.69. The highest BCUT2D eigenvalue weighted by Crippen LogP contribution is 2.27. The summed E-state index contributed by atoms with van der Waals surface area (Å²) in [5.74, 6) is 1.78. The third-order valence-electron chi connectivity index (χ3n) is 3.15. The molecule has 1 unspecified atom stereocenters. The second-order valence-electron chi connectivity index (χ2n) is 4.45.